The second-order valence-electron chi connectivity index (χ2n) is 9.28. The van der Waals surface area contributed by atoms with Gasteiger partial charge < -0.3 is 20.3 Å². The monoisotopic (exact) mass is 457 g/mol. The molecule has 5 rings (SSSR count). The second-order valence-corrected chi connectivity index (χ2v) is 9.28. The number of allylic oxidation sites excluding steroid dienone is 1. The first-order chi connectivity index (χ1) is 16.3. The number of anilines is 1. The van der Waals surface area contributed by atoms with Crippen LogP contribution in [0.3, 0.4) is 0 Å². The molecule has 3 aliphatic heterocycles. The minimum Gasteiger partial charge on any atom is -0.482 e. The third-order valence-corrected chi connectivity index (χ3v) is 6.63. The number of ether oxygens (including phenoxy) is 1. The minimum atomic E-state index is -0.659. The van der Waals surface area contributed by atoms with Crippen molar-refractivity contribution in [1.82, 2.24) is 10.2 Å². The van der Waals surface area contributed by atoms with Crippen molar-refractivity contribution in [3.05, 3.63) is 76.6 Å². The fourth-order valence-corrected chi connectivity index (χ4v) is 4.82. The Morgan fingerprint density at radius 1 is 1.03 bits per heavy atom. The van der Waals surface area contributed by atoms with Gasteiger partial charge in [-0.3, -0.25) is 14.4 Å². The minimum absolute atomic E-state index is 0.0677. The Bertz CT molecular complexity index is 1270. The van der Waals surface area contributed by atoms with Gasteiger partial charge in [0.05, 0.1) is 11.3 Å². The maximum absolute atomic E-state index is 12.8. The molecule has 1 saturated heterocycles. The van der Waals surface area contributed by atoms with E-state index in [4.69, 9.17) is 4.74 Å². The zero-order chi connectivity index (χ0) is 24.0. The van der Waals surface area contributed by atoms with E-state index in [1.54, 1.807) is 25.2 Å². The van der Waals surface area contributed by atoms with Crippen LogP contribution in [0.5, 0.6) is 0 Å². The van der Waals surface area contributed by atoms with E-state index in [0.29, 0.717) is 33.7 Å². The van der Waals surface area contributed by atoms with Crippen molar-refractivity contribution in [1.29, 1.82) is 0 Å². The first-order valence-corrected chi connectivity index (χ1v) is 11.5. The summed E-state index contributed by atoms with van der Waals surface area (Å²) in [5, 5.41) is 5.43. The Kier molecular flexibility index (Phi) is 5.27. The Labute approximate surface area is 198 Å². The van der Waals surface area contributed by atoms with Gasteiger partial charge in [0.25, 0.3) is 17.7 Å². The second kappa shape index (κ2) is 8.17. The molecule has 3 aliphatic rings. The number of fused-ring (bicyclic) bond motifs is 1. The van der Waals surface area contributed by atoms with Crippen LogP contribution in [-0.2, 0) is 9.53 Å². The average Bonchev–Trinajstić information content (AvgIpc) is 3.54. The van der Waals surface area contributed by atoms with Crippen LogP contribution in [0.1, 0.15) is 58.5 Å². The maximum atomic E-state index is 12.8. The maximum Gasteiger partial charge on any atom is 0.260 e. The number of carbonyl (C=O) groups is 3. The fourth-order valence-electron chi connectivity index (χ4n) is 4.82. The summed E-state index contributed by atoms with van der Waals surface area (Å²) < 4.78 is 6.26. The van der Waals surface area contributed by atoms with E-state index in [9.17, 15) is 14.4 Å². The summed E-state index contributed by atoms with van der Waals surface area (Å²) in [7, 11) is 1.57. The molecular weight excluding hydrogens is 430 g/mol. The molecule has 1 fully saturated rings. The Morgan fingerprint density at radius 3 is 2.38 bits per heavy atom. The first-order valence-electron chi connectivity index (χ1n) is 11.5. The number of likely N-dealkylation sites (tertiary alicyclic amines) is 1. The summed E-state index contributed by atoms with van der Waals surface area (Å²) >= 11 is 0. The predicted molar refractivity (Wildman–Crippen MR) is 130 cm³/mol. The van der Waals surface area contributed by atoms with Crippen molar-refractivity contribution < 1.29 is 19.1 Å². The zero-order valence-electron chi connectivity index (χ0n) is 19.5. The van der Waals surface area contributed by atoms with Gasteiger partial charge in [-0.15, -0.1) is 0 Å². The molecule has 7 heteroatoms. The quantitative estimate of drug-likeness (QED) is 0.686. The number of nitrogens with one attached hydrogen (secondary N) is 2. The van der Waals surface area contributed by atoms with Gasteiger partial charge in [-0.1, -0.05) is 18.2 Å². The fraction of sp³-hybridized carbons (Fsp3) is 0.296. The predicted octanol–water partition coefficient (Wildman–Crippen LogP) is 3.84. The van der Waals surface area contributed by atoms with Gasteiger partial charge in [-0.05, 0) is 62.6 Å². The standard InChI is InChI=1S/C27H27N3O4/c1-27(2)20(16-6-8-17(9-7-16)26(33)30-12-4-5-13-30)15-22(34-27)23-19-11-10-18(24(31)28-3)14-21(19)29-25(23)32/h6-11,14-15H,4-5,12-13H2,1-3H3,(H,28,31)(H,29,32). The number of rotatable bonds is 3. The number of carbonyl (C=O) groups excluding carboxylic acids is 3. The molecule has 0 atom stereocenters. The van der Waals surface area contributed by atoms with E-state index >= 15 is 0 Å². The van der Waals surface area contributed by atoms with Gasteiger partial charge in [-0.25, -0.2) is 0 Å². The van der Waals surface area contributed by atoms with Crippen molar-refractivity contribution in [2.24, 2.45) is 0 Å². The van der Waals surface area contributed by atoms with Crippen LogP contribution < -0.4 is 10.6 Å². The summed E-state index contributed by atoms with van der Waals surface area (Å²) in [6, 6.07) is 12.7. The van der Waals surface area contributed by atoms with E-state index in [2.05, 4.69) is 10.6 Å². The number of hydrogen-bond acceptors (Lipinski definition) is 4. The molecule has 174 valence electrons. The normalized spacial score (nSPS) is 20.5. The first kappa shape index (κ1) is 21.9. The van der Waals surface area contributed by atoms with Crippen molar-refractivity contribution in [3.8, 4) is 0 Å². The molecule has 0 bridgehead atoms. The molecule has 2 N–H and O–H groups in total. The van der Waals surface area contributed by atoms with E-state index in [1.807, 2.05) is 49.1 Å². The third-order valence-electron chi connectivity index (χ3n) is 6.63. The third kappa shape index (κ3) is 3.67. The Balaban J connectivity index is 1.48. The van der Waals surface area contributed by atoms with Crippen molar-refractivity contribution in [2.45, 2.75) is 32.3 Å². The average molecular weight is 458 g/mol. The largest absolute Gasteiger partial charge is 0.482 e. The van der Waals surface area contributed by atoms with Gasteiger partial charge in [0.15, 0.2) is 0 Å². The highest BCUT2D eigenvalue weighted by Gasteiger charge is 2.38. The molecule has 2 aromatic carbocycles. The summed E-state index contributed by atoms with van der Waals surface area (Å²) in [4.78, 5) is 39.4. The topological polar surface area (TPSA) is 87.7 Å². The van der Waals surface area contributed by atoms with Gasteiger partial charge >= 0.3 is 0 Å². The summed E-state index contributed by atoms with van der Waals surface area (Å²) in [5.41, 5.74) is 4.09. The van der Waals surface area contributed by atoms with Crippen molar-refractivity contribution in [2.75, 3.05) is 25.5 Å². The smallest absolute Gasteiger partial charge is 0.260 e. The molecule has 7 nitrogen and oxygen atoms in total. The van der Waals surface area contributed by atoms with Crippen LogP contribution in [0.15, 0.2) is 54.3 Å². The van der Waals surface area contributed by atoms with E-state index in [0.717, 1.165) is 37.1 Å². The molecule has 0 aliphatic carbocycles. The van der Waals surface area contributed by atoms with Gasteiger partial charge in [0.2, 0.25) is 0 Å². The highest BCUT2D eigenvalue weighted by Crippen LogP contribution is 2.44. The number of nitrogens with zero attached hydrogens (tertiary/aromatic N) is 1. The zero-order valence-corrected chi connectivity index (χ0v) is 19.5. The van der Waals surface area contributed by atoms with Gasteiger partial charge in [-0.2, -0.15) is 0 Å². The van der Waals surface area contributed by atoms with E-state index in [1.165, 1.54) is 0 Å². The van der Waals surface area contributed by atoms with Crippen LogP contribution >= 0.6 is 0 Å². The molecule has 3 amide bonds. The van der Waals surface area contributed by atoms with Crippen molar-refractivity contribution in [3.63, 3.8) is 0 Å². The number of hydrogen-bond donors (Lipinski definition) is 2. The SMILES string of the molecule is CNC(=O)c1ccc2c(c1)NC(=O)C2=C1C=C(c2ccc(C(=O)N3CCCC3)cc2)C(C)(C)O1. The molecule has 2 aromatic rings. The highest BCUT2D eigenvalue weighted by atomic mass is 16.5. The lowest BCUT2D eigenvalue weighted by atomic mass is 9.91. The molecule has 0 saturated carbocycles. The lowest BCUT2D eigenvalue weighted by molar-refractivity contribution is -0.111. The van der Waals surface area contributed by atoms with Gasteiger partial charge in [0.1, 0.15) is 11.4 Å². The van der Waals surface area contributed by atoms with Crippen LogP contribution in [-0.4, -0.2) is 48.4 Å². The van der Waals surface area contributed by atoms with E-state index < -0.39 is 5.60 Å². The lowest BCUT2D eigenvalue weighted by Gasteiger charge is -2.23. The lowest BCUT2D eigenvalue weighted by Crippen LogP contribution is -2.27. The molecule has 34 heavy (non-hydrogen) atoms. The van der Waals surface area contributed by atoms with E-state index in [-0.39, 0.29) is 17.7 Å². The molecule has 3 heterocycles. The van der Waals surface area contributed by atoms with Gasteiger partial charge in [0, 0.05) is 42.4 Å². The van der Waals surface area contributed by atoms with Crippen LogP contribution in [0.25, 0.3) is 11.1 Å². The van der Waals surface area contributed by atoms with Crippen LogP contribution in [0, 0.1) is 0 Å². The number of benzene rings is 2. The molecule has 0 unspecified atom stereocenters. The highest BCUT2D eigenvalue weighted by molar-refractivity contribution is 6.32. The molecule has 0 aromatic heterocycles. The van der Waals surface area contributed by atoms with Crippen molar-refractivity contribution >= 4 is 34.6 Å². The van der Waals surface area contributed by atoms with Crippen LogP contribution in [0.4, 0.5) is 5.69 Å². The molecule has 0 radical (unpaired) electrons. The molecular formula is C27H27N3O4. The van der Waals surface area contributed by atoms with Crippen LogP contribution in [0.2, 0.25) is 0 Å². The Hall–Kier alpha value is -3.87. The number of amides is 3. The molecule has 0 spiro atoms. The summed E-state index contributed by atoms with van der Waals surface area (Å²) in [5.74, 6) is 0.0726. The Morgan fingerprint density at radius 2 is 1.71 bits per heavy atom. The summed E-state index contributed by atoms with van der Waals surface area (Å²) in [6.45, 7) is 5.55. The summed E-state index contributed by atoms with van der Waals surface area (Å²) in [6.07, 6.45) is 4.01.